The second-order valence-corrected chi connectivity index (χ2v) is 3.38. The molecule has 0 aromatic heterocycles. The molecule has 0 radical (unpaired) electrons. The monoisotopic (exact) mass is 244 g/mol. The van der Waals surface area contributed by atoms with Crippen molar-refractivity contribution in [2.75, 3.05) is 0 Å². The highest BCUT2D eigenvalue weighted by molar-refractivity contribution is 5.82. The summed E-state index contributed by atoms with van der Waals surface area (Å²) in [5, 5.41) is 8.63. The van der Waals surface area contributed by atoms with E-state index in [1.165, 1.54) is 13.0 Å². The van der Waals surface area contributed by atoms with Gasteiger partial charge in [0.2, 0.25) is 0 Å². The number of carboxylic acids is 1. The first-order valence-corrected chi connectivity index (χ1v) is 4.69. The van der Waals surface area contributed by atoms with Crippen LogP contribution in [0.4, 0.5) is 8.78 Å². The van der Waals surface area contributed by atoms with Gasteiger partial charge >= 0.3 is 12.6 Å². The summed E-state index contributed by atoms with van der Waals surface area (Å²) in [4.78, 5) is 21.3. The van der Waals surface area contributed by atoms with E-state index in [0.717, 1.165) is 6.07 Å². The SMILES string of the molecule is Cc1cc(CC(=O)O)c(C=O)cc1OC(F)F. The minimum atomic E-state index is -2.99. The van der Waals surface area contributed by atoms with Gasteiger partial charge in [-0.25, -0.2) is 0 Å². The fourth-order valence-corrected chi connectivity index (χ4v) is 1.41. The van der Waals surface area contributed by atoms with E-state index in [1.54, 1.807) is 0 Å². The number of aryl methyl sites for hydroxylation is 1. The van der Waals surface area contributed by atoms with Crippen LogP contribution in [0, 0.1) is 6.92 Å². The lowest BCUT2D eigenvalue weighted by Crippen LogP contribution is -2.07. The van der Waals surface area contributed by atoms with Crippen LogP contribution in [0.25, 0.3) is 0 Å². The van der Waals surface area contributed by atoms with Gasteiger partial charge in [-0.05, 0) is 24.1 Å². The number of alkyl halides is 2. The Labute approximate surface area is 95.8 Å². The van der Waals surface area contributed by atoms with Gasteiger partial charge in [-0.2, -0.15) is 8.78 Å². The summed E-state index contributed by atoms with van der Waals surface area (Å²) >= 11 is 0. The van der Waals surface area contributed by atoms with Crippen LogP contribution in [0.3, 0.4) is 0 Å². The molecule has 17 heavy (non-hydrogen) atoms. The van der Waals surface area contributed by atoms with Gasteiger partial charge in [-0.3, -0.25) is 9.59 Å². The second kappa shape index (κ2) is 5.38. The van der Waals surface area contributed by atoms with E-state index < -0.39 is 12.6 Å². The van der Waals surface area contributed by atoms with Crippen LogP contribution in [0.15, 0.2) is 12.1 Å². The third-order valence-electron chi connectivity index (χ3n) is 2.12. The van der Waals surface area contributed by atoms with E-state index in [1.807, 2.05) is 0 Å². The molecule has 1 aromatic carbocycles. The molecule has 0 bridgehead atoms. The van der Waals surface area contributed by atoms with Crippen molar-refractivity contribution in [1.82, 2.24) is 0 Å². The van der Waals surface area contributed by atoms with Crippen molar-refractivity contribution in [2.24, 2.45) is 0 Å². The molecule has 4 nitrogen and oxygen atoms in total. The fraction of sp³-hybridized carbons (Fsp3) is 0.273. The number of halogens is 2. The van der Waals surface area contributed by atoms with E-state index in [-0.39, 0.29) is 23.3 Å². The molecule has 0 saturated heterocycles. The Balaban J connectivity index is 3.14. The summed E-state index contributed by atoms with van der Waals surface area (Å²) in [6, 6.07) is 2.47. The molecule has 0 amide bonds. The van der Waals surface area contributed by atoms with Crippen molar-refractivity contribution in [3.05, 3.63) is 28.8 Å². The van der Waals surface area contributed by atoms with Crippen molar-refractivity contribution in [3.8, 4) is 5.75 Å². The number of rotatable bonds is 5. The number of aliphatic carboxylic acids is 1. The molecule has 0 aliphatic carbocycles. The normalized spacial score (nSPS) is 10.4. The topological polar surface area (TPSA) is 63.6 Å². The number of aldehydes is 1. The number of carboxylic acid groups (broad SMARTS) is 1. The molecule has 0 aliphatic heterocycles. The molecule has 0 heterocycles. The summed E-state index contributed by atoms with van der Waals surface area (Å²) < 4.78 is 28.3. The molecule has 92 valence electrons. The molecule has 0 unspecified atom stereocenters. The fourth-order valence-electron chi connectivity index (χ4n) is 1.41. The first-order valence-electron chi connectivity index (χ1n) is 4.69. The van der Waals surface area contributed by atoms with E-state index in [4.69, 9.17) is 5.11 Å². The maximum Gasteiger partial charge on any atom is 0.387 e. The Kier molecular flexibility index (Phi) is 4.14. The van der Waals surface area contributed by atoms with Gasteiger partial charge in [0.05, 0.1) is 6.42 Å². The summed E-state index contributed by atoms with van der Waals surface area (Å²) in [6.07, 6.45) is 0.0694. The lowest BCUT2D eigenvalue weighted by Gasteiger charge is -2.11. The van der Waals surface area contributed by atoms with Gasteiger partial charge in [-0.15, -0.1) is 0 Å². The Bertz CT molecular complexity index is 443. The Morgan fingerprint density at radius 3 is 2.65 bits per heavy atom. The third-order valence-corrected chi connectivity index (χ3v) is 2.12. The zero-order valence-corrected chi connectivity index (χ0v) is 8.94. The average Bonchev–Trinajstić information content (AvgIpc) is 2.20. The zero-order chi connectivity index (χ0) is 13.0. The highest BCUT2D eigenvalue weighted by Crippen LogP contribution is 2.24. The van der Waals surface area contributed by atoms with Crippen LogP contribution in [0.2, 0.25) is 0 Å². The summed E-state index contributed by atoms with van der Waals surface area (Å²) in [7, 11) is 0. The van der Waals surface area contributed by atoms with Gasteiger partial charge < -0.3 is 9.84 Å². The van der Waals surface area contributed by atoms with Crippen LogP contribution in [-0.4, -0.2) is 24.0 Å². The highest BCUT2D eigenvalue weighted by atomic mass is 19.3. The number of hydrogen-bond acceptors (Lipinski definition) is 3. The maximum atomic E-state index is 12.0. The molecule has 1 rings (SSSR count). The smallest absolute Gasteiger partial charge is 0.387 e. The first-order chi connectivity index (χ1) is 7.93. The number of hydrogen-bond donors (Lipinski definition) is 1. The third kappa shape index (κ3) is 3.51. The van der Waals surface area contributed by atoms with Crippen LogP contribution in [-0.2, 0) is 11.2 Å². The molecule has 1 N–H and O–H groups in total. The number of ether oxygens (including phenoxy) is 1. The van der Waals surface area contributed by atoms with Gasteiger partial charge in [0.25, 0.3) is 0 Å². The maximum absolute atomic E-state index is 12.0. The summed E-state index contributed by atoms with van der Waals surface area (Å²) in [5.74, 6) is -1.23. The van der Waals surface area contributed by atoms with Gasteiger partial charge in [-0.1, -0.05) is 6.07 Å². The highest BCUT2D eigenvalue weighted by Gasteiger charge is 2.13. The molecular formula is C11H10F2O4. The molecule has 1 aromatic rings. The number of carbonyl (C=O) groups excluding carboxylic acids is 1. The largest absolute Gasteiger partial charge is 0.481 e. The van der Waals surface area contributed by atoms with E-state index >= 15 is 0 Å². The molecule has 6 heteroatoms. The number of carbonyl (C=O) groups is 2. The molecule has 0 atom stereocenters. The minimum Gasteiger partial charge on any atom is -0.481 e. The van der Waals surface area contributed by atoms with Crippen LogP contribution in [0.1, 0.15) is 21.5 Å². The second-order valence-electron chi connectivity index (χ2n) is 3.38. The van der Waals surface area contributed by atoms with Crippen molar-refractivity contribution in [2.45, 2.75) is 20.0 Å². The Morgan fingerprint density at radius 2 is 2.18 bits per heavy atom. The predicted octanol–water partition coefficient (Wildman–Crippen LogP) is 2.04. The van der Waals surface area contributed by atoms with Crippen molar-refractivity contribution >= 4 is 12.3 Å². The predicted molar refractivity (Wildman–Crippen MR) is 54.5 cm³/mol. The van der Waals surface area contributed by atoms with Gasteiger partial charge in [0.15, 0.2) is 0 Å². The van der Waals surface area contributed by atoms with Crippen LogP contribution in [0.5, 0.6) is 5.75 Å². The van der Waals surface area contributed by atoms with Gasteiger partial charge in [0, 0.05) is 5.56 Å². The van der Waals surface area contributed by atoms with E-state index in [2.05, 4.69) is 4.74 Å². The molecule has 0 aliphatic rings. The molecular weight excluding hydrogens is 234 g/mol. The van der Waals surface area contributed by atoms with E-state index in [0.29, 0.717) is 11.8 Å². The standard InChI is InChI=1S/C11H10F2O4/c1-6-2-7(4-10(15)16)8(5-14)3-9(6)17-11(12)13/h2-3,5,11H,4H2,1H3,(H,15,16). The summed E-state index contributed by atoms with van der Waals surface area (Å²) in [5.41, 5.74) is 0.660. The van der Waals surface area contributed by atoms with Crippen molar-refractivity contribution in [3.63, 3.8) is 0 Å². The van der Waals surface area contributed by atoms with Crippen LogP contribution < -0.4 is 4.74 Å². The number of benzene rings is 1. The molecule has 0 saturated carbocycles. The Hall–Kier alpha value is -1.98. The Morgan fingerprint density at radius 1 is 1.53 bits per heavy atom. The quantitative estimate of drug-likeness (QED) is 0.805. The molecule has 0 spiro atoms. The lowest BCUT2D eigenvalue weighted by molar-refractivity contribution is -0.136. The van der Waals surface area contributed by atoms with Crippen molar-refractivity contribution < 1.29 is 28.2 Å². The summed E-state index contributed by atoms with van der Waals surface area (Å²) in [6.45, 7) is -1.49. The first kappa shape index (κ1) is 13.1. The lowest BCUT2D eigenvalue weighted by atomic mass is 10.0. The zero-order valence-electron chi connectivity index (χ0n) is 8.94. The minimum absolute atomic E-state index is 0.0358. The van der Waals surface area contributed by atoms with E-state index in [9.17, 15) is 18.4 Å². The van der Waals surface area contributed by atoms with Crippen LogP contribution >= 0.6 is 0 Å². The molecule has 0 fully saturated rings. The van der Waals surface area contributed by atoms with Crippen molar-refractivity contribution in [1.29, 1.82) is 0 Å². The van der Waals surface area contributed by atoms with Gasteiger partial charge in [0.1, 0.15) is 12.0 Å². The average molecular weight is 244 g/mol.